The number of rotatable bonds is 8. The minimum atomic E-state index is -1.88. The van der Waals surface area contributed by atoms with Gasteiger partial charge in [0.2, 0.25) is 5.24 Å². The van der Waals surface area contributed by atoms with Crippen molar-refractivity contribution < 1.29 is 14.3 Å². The van der Waals surface area contributed by atoms with Gasteiger partial charge in [-0.2, -0.15) is 0 Å². The molecule has 0 saturated carbocycles. The van der Waals surface area contributed by atoms with Gasteiger partial charge in [-0.3, -0.25) is 9.59 Å². The highest BCUT2D eigenvalue weighted by Gasteiger charge is 2.40. The van der Waals surface area contributed by atoms with E-state index in [2.05, 4.69) is 19.6 Å². The lowest BCUT2D eigenvalue weighted by molar-refractivity contribution is -0.149. The van der Waals surface area contributed by atoms with Gasteiger partial charge in [0.1, 0.15) is 14.3 Å². The van der Waals surface area contributed by atoms with Gasteiger partial charge in [-0.25, -0.2) is 0 Å². The van der Waals surface area contributed by atoms with E-state index in [1.807, 2.05) is 11.5 Å². The van der Waals surface area contributed by atoms with Crippen molar-refractivity contribution in [3.63, 3.8) is 0 Å². The van der Waals surface area contributed by atoms with E-state index in [1.165, 1.54) is 0 Å². The predicted molar refractivity (Wildman–Crippen MR) is 80.8 cm³/mol. The molecular weight excluding hydrogens is 282 g/mol. The van der Waals surface area contributed by atoms with Crippen LogP contribution in [0.25, 0.3) is 0 Å². The first-order chi connectivity index (χ1) is 8.66. The molecule has 0 N–H and O–H groups in total. The van der Waals surface area contributed by atoms with E-state index in [1.54, 1.807) is 13.8 Å². The van der Waals surface area contributed by atoms with E-state index in [9.17, 15) is 9.59 Å². The van der Waals surface area contributed by atoms with Crippen molar-refractivity contribution in [1.82, 2.24) is 4.57 Å². The monoisotopic (exact) mass is 307 g/mol. The second-order valence-electron chi connectivity index (χ2n) is 5.61. The summed E-state index contributed by atoms with van der Waals surface area (Å²) in [4.78, 5) is 23.7. The summed E-state index contributed by atoms with van der Waals surface area (Å²) in [7, 11) is -1.88. The van der Waals surface area contributed by atoms with Crippen LogP contribution in [0, 0.1) is 0 Å². The first-order valence-electron chi connectivity index (χ1n) is 6.81. The zero-order chi connectivity index (χ0) is 15.2. The minimum Gasteiger partial charge on any atom is -0.465 e. The van der Waals surface area contributed by atoms with E-state index in [4.69, 9.17) is 16.3 Å². The van der Waals surface area contributed by atoms with Gasteiger partial charge in [0.25, 0.3) is 0 Å². The summed E-state index contributed by atoms with van der Waals surface area (Å²) in [6.07, 6.45) is 1.53. The number of carbonyl (C=O) groups excluding carboxylic acids is 2. The van der Waals surface area contributed by atoms with Gasteiger partial charge in [-0.15, -0.1) is 0 Å². The molecule has 0 aliphatic rings. The molecule has 0 heterocycles. The molecule has 6 heteroatoms. The molecule has 0 spiro atoms. The zero-order valence-corrected chi connectivity index (χ0v) is 14.6. The third kappa shape index (κ3) is 5.63. The van der Waals surface area contributed by atoms with E-state index >= 15 is 0 Å². The maximum absolute atomic E-state index is 12.2. The lowest BCUT2D eigenvalue weighted by Crippen LogP contribution is -2.60. The Hall–Kier alpha value is -0.393. The average molecular weight is 308 g/mol. The Morgan fingerprint density at radius 1 is 1.26 bits per heavy atom. The van der Waals surface area contributed by atoms with Crippen molar-refractivity contribution in [1.29, 1.82) is 0 Å². The lowest BCUT2D eigenvalue weighted by Gasteiger charge is -2.42. The minimum absolute atomic E-state index is 0.253. The molecule has 2 atom stereocenters. The van der Waals surface area contributed by atoms with Gasteiger partial charge in [0.05, 0.1) is 12.6 Å². The number of esters is 1. The Morgan fingerprint density at radius 2 is 1.79 bits per heavy atom. The highest BCUT2D eigenvalue weighted by Crippen LogP contribution is 2.23. The first-order valence-corrected chi connectivity index (χ1v) is 10.6. The maximum Gasteiger partial charge on any atom is 0.322 e. The third-order valence-electron chi connectivity index (χ3n) is 2.98. The van der Waals surface area contributed by atoms with Crippen molar-refractivity contribution in [2.45, 2.75) is 65.3 Å². The lowest BCUT2D eigenvalue weighted by atomic mass is 10.1. The smallest absolute Gasteiger partial charge is 0.322 e. The van der Waals surface area contributed by atoms with Crippen LogP contribution in [0.2, 0.25) is 19.6 Å². The molecule has 0 amide bonds. The fourth-order valence-corrected chi connectivity index (χ4v) is 4.95. The molecule has 2 unspecified atom stereocenters. The molecule has 112 valence electrons. The molecule has 0 bridgehead atoms. The summed E-state index contributed by atoms with van der Waals surface area (Å²) in [5.74, 6) is -0.253. The van der Waals surface area contributed by atoms with Gasteiger partial charge in [-0.1, -0.05) is 33.0 Å². The van der Waals surface area contributed by atoms with Crippen molar-refractivity contribution in [2.75, 3.05) is 6.61 Å². The van der Waals surface area contributed by atoms with E-state index in [0.29, 0.717) is 13.0 Å². The van der Waals surface area contributed by atoms with Gasteiger partial charge < -0.3 is 9.30 Å². The predicted octanol–water partition coefficient (Wildman–Crippen LogP) is 3.01. The summed E-state index contributed by atoms with van der Waals surface area (Å²) in [5, 5.41) is -0.423. The maximum atomic E-state index is 12.2. The van der Waals surface area contributed by atoms with E-state index < -0.39 is 19.5 Å². The number of halogens is 1. The Bertz CT molecular complexity index is 318. The van der Waals surface area contributed by atoms with Crippen LogP contribution in [-0.4, -0.2) is 42.7 Å². The quantitative estimate of drug-likeness (QED) is 0.393. The molecule has 0 rings (SSSR count). The van der Waals surface area contributed by atoms with Gasteiger partial charge >= 0.3 is 5.97 Å². The average Bonchev–Trinajstić information content (AvgIpc) is 2.26. The second-order valence-corrected chi connectivity index (χ2v) is 10.8. The molecule has 0 aromatic heterocycles. The van der Waals surface area contributed by atoms with Crippen LogP contribution >= 0.6 is 11.6 Å². The molecule has 0 fully saturated rings. The summed E-state index contributed by atoms with van der Waals surface area (Å²) >= 11 is 5.64. The van der Waals surface area contributed by atoms with Gasteiger partial charge in [0, 0.05) is 0 Å². The van der Waals surface area contributed by atoms with Gasteiger partial charge in [-0.05, 0) is 31.9 Å². The molecule has 0 aliphatic carbocycles. The summed E-state index contributed by atoms with van der Waals surface area (Å²) in [6.45, 7) is 12.2. The van der Waals surface area contributed by atoms with Gasteiger partial charge in [0.15, 0.2) is 0 Å². The Labute approximate surface area is 122 Å². The zero-order valence-electron chi connectivity index (χ0n) is 12.8. The fourth-order valence-electron chi connectivity index (χ4n) is 2.31. The first kappa shape index (κ1) is 18.6. The number of nitrogens with zero attached hydrogens (tertiary/aromatic N) is 1. The molecular formula is C13H26ClNO3Si. The fraction of sp³-hybridized carbons (Fsp3) is 0.846. The number of carbonyl (C=O) groups is 2. The SMILES string of the molecule is CCCC(C(=O)OCC)N(C(C)C(=O)Cl)[Si](C)(C)C. The Morgan fingerprint density at radius 3 is 2.11 bits per heavy atom. The Balaban J connectivity index is 5.37. The van der Waals surface area contributed by atoms with Crippen LogP contribution in [0.15, 0.2) is 0 Å². The number of hydrogen-bond donors (Lipinski definition) is 0. The molecule has 0 radical (unpaired) electrons. The van der Waals surface area contributed by atoms with Crippen LogP contribution in [0.1, 0.15) is 33.6 Å². The standard InChI is InChI=1S/C13H26ClNO3Si/c1-7-9-11(13(17)18-8-2)15(19(4,5)6)10(3)12(14)16/h10-11H,7-9H2,1-6H3. The molecule has 4 nitrogen and oxygen atoms in total. The van der Waals surface area contributed by atoms with Crippen molar-refractivity contribution in [2.24, 2.45) is 0 Å². The van der Waals surface area contributed by atoms with Crippen molar-refractivity contribution in [3.8, 4) is 0 Å². The third-order valence-corrected chi connectivity index (χ3v) is 5.54. The molecule has 0 aliphatic heterocycles. The van der Waals surface area contributed by atoms with Crippen LogP contribution < -0.4 is 0 Å². The number of hydrogen-bond acceptors (Lipinski definition) is 4. The summed E-state index contributed by atoms with van der Waals surface area (Å²) in [5.41, 5.74) is 0. The highest BCUT2D eigenvalue weighted by atomic mass is 35.5. The summed E-state index contributed by atoms with van der Waals surface area (Å²) in [6, 6.07) is -0.844. The van der Waals surface area contributed by atoms with E-state index in [-0.39, 0.29) is 12.0 Å². The molecule has 0 aromatic carbocycles. The van der Waals surface area contributed by atoms with Crippen molar-refractivity contribution >= 4 is 31.0 Å². The van der Waals surface area contributed by atoms with E-state index in [0.717, 1.165) is 6.42 Å². The second kappa shape index (κ2) is 8.02. The summed E-state index contributed by atoms with van der Waals surface area (Å²) < 4.78 is 7.14. The van der Waals surface area contributed by atoms with Crippen LogP contribution in [0.3, 0.4) is 0 Å². The van der Waals surface area contributed by atoms with Crippen LogP contribution in [0.5, 0.6) is 0 Å². The largest absolute Gasteiger partial charge is 0.465 e. The van der Waals surface area contributed by atoms with Crippen molar-refractivity contribution in [3.05, 3.63) is 0 Å². The van der Waals surface area contributed by atoms with Crippen LogP contribution in [0.4, 0.5) is 0 Å². The highest BCUT2D eigenvalue weighted by molar-refractivity contribution is 6.74. The molecule has 0 saturated heterocycles. The normalized spacial score (nSPS) is 15.2. The number of ether oxygens (including phenoxy) is 1. The Kier molecular flexibility index (Phi) is 7.85. The molecule has 0 aromatic rings. The molecule has 19 heavy (non-hydrogen) atoms. The van der Waals surface area contributed by atoms with Crippen LogP contribution in [-0.2, 0) is 14.3 Å². The topological polar surface area (TPSA) is 46.6 Å².